The second-order valence-electron chi connectivity index (χ2n) is 5.72. The van der Waals surface area contributed by atoms with Gasteiger partial charge >= 0.3 is 0 Å². The van der Waals surface area contributed by atoms with Crippen molar-refractivity contribution in [2.24, 2.45) is 0 Å². The molecule has 2 heterocycles. The van der Waals surface area contributed by atoms with Gasteiger partial charge in [-0.05, 0) is 24.3 Å². The Balaban J connectivity index is 1.71. The van der Waals surface area contributed by atoms with Gasteiger partial charge in [-0.1, -0.05) is 25.2 Å². The first kappa shape index (κ1) is 16.3. The molecular formula is C16H16N4O3S. The summed E-state index contributed by atoms with van der Waals surface area (Å²) in [5, 5.41) is 12.0. The van der Waals surface area contributed by atoms with E-state index in [9.17, 15) is 14.4 Å². The number of hydrogen-bond donors (Lipinski definition) is 1. The van der Waals surface area contributed by atoms with E-state index in [-0.39, 0.29) is 36.5 Å². The molecule has 2 aromatic rings. The summed E-state index contributed by atoms with van der Waals surface area (Å²) >= 11 is 1.34. The molecule has 1 aromatic carbocycles. The quantitative estimate of drug-likeness (QED) is 0.861. The van der Waals surface area contributed by atoms with Crippen LogP contribution >= 0.6 is 11.3 Å². The SMILES string of the molecule is CC(C)c1nnc(NC(=O)c2ccc(N3C(=O)CCC3=O)cc2)s1. The normalized spacial score (nSPS) is 14.5. The van der Waals surface area contributed by atoms with E-state index in [1.165, 1.54) is 11.3 Å². The van der Waals surface area contributed by atoms with Gasteiger partial charge in [-0.15, -0.1) is 10.2 Å². The van der Waals surface area contributed by atoms with Crippen LogP contribution in [0.4, 0.5) is 10.8 Å². The molecule has 3 amide bonds. The van der Waals surface area contributed by atoms with E-state index in [1.807, 2.05) is 13.8 Å². The van der Waals surface area contributed by atoms with Gasteiger partial charge in [-0.2, -0.15) is 0 Å². The van der Waals surface area contributed by atoms with Gasteiger partial charge in [0.15, 0.2) is 0 Å². The number of rotatable bonds is 4. The van der Waals surface area contributed by atoms with E-state index in [0.717, 1.165) is 9.91 Å². The predicted octanol–water partition coefficient (Wildman–Crippen LogP) is 2.57. The molecule has 1 aliphatic heterocycles. The first-order valence-electron chi connectivity index (χ1n) is 7.56. The topological polar surface area (TPSA) is 92.3 Å². The molecule has 3 rings (SSSR count). The zero-order valence-corrected chi connectivity index (χ0v) is 14.1. The third-order valence-electron chi connectivity index (χ3n) is 3.59. The van der Waals surface area contributed by atoms with Gasteiger partial charge in [0.05, 0.1) is 5.69 Å². The standard InChI is InChI=1S/C16H16N4O3S/c1-9(2)15-18-19-16(24-15)17-14(23)10-3-5-11(6-4-10)20-12(21)7-8-13(20)22/h3-6,9H,7-8H2,1-2H3,(H,17,19,23). The molecule has 1 fully saturated rings. The van der Waals surface area contributed by atoms with E-state index >= 15 is 0 Å². The molecule has 1 N–H and O–H groups in total. The molecule has 7 nitrogen and oxygen atoms in total. The van der Waals surface area contributed by atoms with E-state index in [0.29, 0.717) is 16.4 Å². The van der Waals surface area contributed by atoms with E-state index < -0.39 is 0 Å². The zero-order chi connectivity index (χ0) is 17.3. The van der Waals surface area contributed by atoms with E-state index in [1.54, 1.807) is 24.3 Å². The summed E-state index contributed by atoms with van der Waals surface area (Å²) in [6.45, 7) is 4.01. The number of carbonyl (C=O) groups excluding carboxylic acids is 3. The van der Waals surface area contributed by atoms with Gasteiger partial charge in [0.1, 0.15) is 5.01 Å². The van der Waals surface area contributed by atoms with Crippen LogP contribution in [0.15, 0.2) is 24.3 Å². The molecule has 124 valence electrons. The average Bonchev–Trinajstić information content (AvgIpc) is 3.15. The molecule has 8 heteroatoms. The molecule has 0 unspecified atom stereocenters. The highest BCUT2D eigenvalue weighted by Gasteiger charge is 2.30. The van der Waals surface area contributed by atoms with Crippen LogP contribution in [0, 0.1) is 0 Å². The average molecular weight is 344 g/mol. The third-order valence-corrected chi connectivity index (χ3v) is 4.73. The number of amides is 3. The number of hydrogen-bond acceptors (Lipinski definition) is 6. The van der Waals surface area contributed by atoms with Gasteiger partial charge in [-0.25, -0.2) is 0 Å². The van der Waals surface area contributed by atoms with Gasteiger partial charge in [-0.3, -0.25) is 24.6 Å². The fourth-order valence-corrected chi connectivity index (χ4v) is 3.05. The Hall–Kier alpha value is -2.61. The second-order valence-corrected chi connectivity index (χ2v) is 6.73. The van der Waals surface area contributed by atoms with Crippen LogP contribution in [0.3, 0.4) is 0 Å². The van der Waals surface area contributed by atoms with E-state index in [2.05, 4.69) is 15.5 Å². The summed E-state index contributed by atoms with van der Waals surface area (Å²) in [5.74, 6) is -0.491. The summed E-state index contributed by atoms with van der Waals surface area (Å²) in [5.41, 5.74) is 0.899. The smallest absolute Gasteiger partial charge is 0.257 e. The molecule has 0 bridgehead atoms. The maximum Gasteiger partial charge on any atom is 0.257 e. The molecule has 0 saturated carbocycles. The summed E-state index contributed by atoms with van der Waals surface area (Å²) < 4.78 is 0. The van der Waals surface area contributed by atoms with Crippen LogP contribution in [0.2, 0.25) is 0 Å². The lowest BCUT2D eigenvalue weighted by Gasteiger charge is -2.13. The van der Waals surface area contributed by atoms with Crippen molar-refractivity contribution in [3.8, 4) is 0 Å². The Bertz CT molecular complexity index is 782. The Morgan fingerprint density at radius 1 is 1.12 bits per heavy atom. The van der Waals surface area contributed by atoms with Crippen molar-refractivity contribution in [1.29, 1.82) is 0 Å². The Labute approximate surface area is 142 Å². The first-order chi connectivity index (χ1) is 11.5. The monoisotopic (exact) mass is 344 g/mol. The van der Waals surface area contributed by atoms with Crippen LogP contribution in [-0.4, -0.2) is 27.9 Å². The van der Waals surface area contributed by atoms with Gasteiger partial charge in [0.25, 0.3) is 5.91 Å². The summed E-state index contributed by atoms with van der Waals surface area (Å²) in [4.78, 5) is 36.8. The minimum atomic E-state index is -0.313. The molecule has 0 radical (unpaired) electrons. The van der Waals surface area contributed by atoms with Crippen molar-refractivity contribution in [1.82, 2.24) is 10.2 Å². The Morgan fingerprint density at radius 2 is 1.75 bits per heavy atom. The van der Waals surface area contributed by atoms with Gasteiger partial charge in [0.2, 0.25) is 16.9 Å². The molecule has 0 aliphatic carbocycles. The van der Waals surface area contributed by atoms with Crippen LogP contribution in [-0.2, 0) is 9.59 Å². The van der Waals surface area contributed by atoms with Crippen molar-refractivity contribution < 1.29 is 14.4 Å². The number of anilines is 2. The highest BCUT2D eigenvalue weighted by atomic mass is 32.1. The van der Waals surface area contributed by atoms with E-state index in [4.69, 9.17) is 0 Å². The maximum absolute atomic E-state index is 12.2. The molecule has 24 heavy (non-hydrogen) atoms. The van der Waals surface area contributed by atoms with Crippen molar-refractivity contribution >= 4 is 39.9 Å². The van der Waals surface area contributed by atoms with Crippen LogP contribution in [0.25, 0.3) is 0 Å². The van der Waals surface area contributed by atoms with Crippen molar-refractivity contribution in [2.75, 3.05) is 10.2 Å². The number of benzene rings is 1. The van der Waals surface area contributed by atoms with Crippen LogP contribution in [0.1, 0.15) is 48.0 Å². The minimum Gasteiger partial charge on any atom is -0.296 e. The Morgan fingerprint density at radius 3 is 2.29 bits per heavy atom. The molecule has 1 saturated heterocycles. The predicted molar refractivity (Wildman–Crippen MR) is 90.1 cm³/mol. The molecule has 0 spiro atoms. The van der Waals surface area contributed by atoms with Crippen molar-refractivity contribution in [3.05, 3.63) is 34.8 Å². The largest absolute Gasteiger partial charge is 0.296 e. The van der Waals surface area contributed by atoms with Crippen molar-refractivity contribution in [2.45, 2.75) is 32.6 Å². The van der Waals surface area contributed by atoms with Crippen molar-refractivity contribution in [3.63, 3.8) is 0 Å². The number of carbonyl (C=O) groups is 3. The molecule has 1 aromatic heterocycles. The number of nitrogens with one attached hydrogen (secondary N) is 1. The molecule has 1 aliphatic rings. The number of aromatic nitrogens is 2. The molecule has 0 atom stereocenters. The summed E-state index contributed by atoms with van der Waals surface area (Å²) in [6, 6.07) is 6.34. The lowest BCUT2D eigenvalue weighted by Crippen LogP contribution is -2.28. The number of nitrogens with zero attached hydrogens (tertiary/aromatic N) is 3. The Kier molecular flexibility index (Phi) is 4.39. The minimum absolute atomic E-state index is 0.215. The van der Waals surface area contributed by atoms with Gasteiger partial charge in [0, 0.05) is 24.3 Å². The first-order valence-corrected chi connectivity index (χ1v) is 8.38. The lowest BCUT2D eigenvalue weighted by molar-refractivity contribution is -0.121. The van der Waals surface area contributed by atoms with Crippen LogP contribution < -0.4 is 10.2 Å². The molecular weight excluding hydrogens is 328 g/mol. The highest BCUT2D eigenvalue weighted by Crippen LogP contribution is 2.24. The fraction of sp³-hybridized carbons (Fsp3) is 0.312. The highest BCUT2D eigenvalue weighted by molar-refractivity contribution is 7.15. The zero-order valence-electron chi connectivity index (χ0n) is 13.3. The lowest BCUT2D eigenvalue weighted by atomic mass is 10.2. The summed E-state index contributed by atoms with van der Waals surface area (Å²) in [7, 11) is 0. The second kappa shape index (κ2) is 6.48. The summed E-state index contributed by atoms with van der Waals surface area (Å²) in [6.07, 6.45) is 0.465. The maximum atomic E-state index is 12.2. The van der Waals surface area contributed by atoms with Gasteiger partial charge < -0.3 is 0 Å². The number of imide groups is 1. The third kappa shape index (κ3) is 3.18. The fourth-order valence-electron chi connectivity index (χ4n) is 2.31. The van der Waals surface area contributed by atoms with Crippen LogP contribution in [0.5, 0.6) is 0 Å².